The van der Waals surface area contributed by atoms with Crippen LogP contribution < -0.4 is 10.1 Å². The number of sulfone groups is 1. The van der Waals surface area contributed by atoms with Crippen molar-refractivity contribution in [1.29, 1.82) is 0 Å². The third-order valence-corrected chi connectivity index (χ3v) is 10.2. The Bertz CT molecular complexity index is 1540. The Hall–Kier alpha value is -3.70. The first-order chi connectivity index (χ1) is 17.8. The first-order valence-corrected chi connectivity index (χ1v) is 14.6. The number of aromatic nitrogens is 1. The van der Waals surface area contributed by atoms with E-state index in [2.05, 4.69) is 10.3 Å². The Kier molecular flexibility index (Phi) is 6.74. The molecule has 37 heavy (non-hydrogen) atoms. The van der Waals surface area contributed by atoms with E-state index in [1.54, 1.807) is 66.9 Å². The van der Waals surface area contributed by atoms with Gasteiger partial charge in [0, 0.05) is 23.6 Å². The molecular weight excluding hydrogens is 512 g/mol. The molecule has 1 aromatic heterocycles. The maximum Gasteiger partial charge on any atom is 0.257 e. The molecule has 1 unspecified atom stereocenters. The van der Waals surface area contributed by atoms with Gasteiger partial charge in [0.15, 0.2) is 9.84 Å². The lowest BCUT2D eigenvalue weighted by Gasteiger charge is -2.27. The van der Waals surface area contributed by atoms with Crippen LogP contribution in [0.4, 0.5) is 5.69 Å². The van der Waals surface area contributed by atoms with Crippen molar-refractivity contribution in [3.63, 3.8) is 0 Å². The molecule has 10 heteroatoms. The van der Waals surface area contributed by atoms with E-state index < -0.39 is 25.7 Å². The number of amides is 1. The van der Waals surface area contributed by atoms with Crippen LogP contribution in [0.2, 0.25) is 0 Å². The molecule has 1 aliphatic heterocycles. The van der Waals surface area contributed by atoms with Crippen LogP contribution in [0.25, 0.3) is 0 Å². The highest BCUT2D eigenvalue weighted by Gasteiger charge is 2.45. The van der Waals surface area contributed by atoms with E-state index in [-0.39, 0.29) is 39.4 Å². The number of ether oxygens (including phenoxy) is 1. The van der Waals surface area contributed by atoms with Crippen molar-refractivity contribution in [2.24, 2.45) is 0 Å². The van der Waals surface area contributed by atoms with Crippen LogP contribution in [-0.4, -0.2) is 34.2 Å². The summed E-state index contributed by atoms with van der Waals surface area (Å²) in [6.07, 6.45) is 3.06. The minimum Gasteiger partial charge on any atom is -0.489 e. The van der Waals surface area contributed by atoms with Crippen molar-refractivity contribution in [3.8, 4) is 5.75 Å². The molecule has 0 saturated carbocycles. The predicted octanol–water partition coefficient (Wildman–Crippen LogP) is 5.55. The van der Waals surface area contributed by atoms with Gasteiger partial charge in [-0.3, -0.25) is 18.9 Å². The van der Waals surface area contributed by atoms with E-state index in [1.165, 1.54) is 24.4 Å². The summed E-state index contributed by atoms with van der Waals surface area (Å²) in [6.45, 7) is 0.0738. The normalized spacial score (nSPS) is 17.0. The Morgan fingerprint density at radius 1 is 1.00 bits per heavy atom. The molecule has 190 valence electrons. The van der Waals surface area contributed by atoms with Crippen molar-refractivity contribution < 1.29 is 27.1 Å². The number of pyridine rings is 1. The van der Waals surface area contributed by atoms with Gasteiger partial charge in [0.2, 0.25) is 0 Å². The number of anilines is 1. The van der Waals surface area contributed by atoms with E-state index in [1.807, 2.05) is 6.07 Å². The van der Waals surface area contributed by atoms with E-state index in [4.69, 9.17) is 4.74 Å². The van der Waals surface area contributed by atoms with Crippen LogP contribution in [0.1, 0.15) is 26.7 Å². The number of rotatable bonds is 7. The molecular formula is C27H24N2O6S2. The first kappa shape index (κ1) is 25.0. The molecule has 0 saturated heterocycles. The number of nitrogens with zero attached hydrogens (tertiary/aromatic N) is 1. The van der Waals surface area contributed by atoms with Crippen LogP contribution in [-0.2, 0) is 16.4 Å². The lowest BCUT2D eigenvalue weighted by molar-refractivity contribution is 0.102. The van der Waals surface area contributed by atoms with Gasteiger partial charge in [-0.05, 0) is 54.1 Å². The lowest BCUT2D eigenvalue weighted by Crippen LogP contribution is -2.16. The SMILES string of the molecule is O=C(Nc1cccc(COc2cccc3c2C(S(=O)(=O)c2ccccc2)CS3(O)O)c1)c1cccnc1. The van der Waals surface area contributed by atoms with Crippen LogP contribution in [0.3, 0.4) is 0 Å². The van der Waals surface area contributed by atoms with E-state index in [0.29, 0.717) is 11.3 Å². The molecule has 0 aliphatic carbocycles. The van der Waals surface area contributed by atoms with Crippen LogP contribution in [0.15, 0.2) is 107 Å². The van der Waals surface area contributed by atoms with E-state index >= 15 is 0 Å². The summed E-state index contributed by atoms with van der Waals surface area (Å²) in [4.78, 5) is 16.7. The Morgan fingerprint density at radius 3 is 2.54 bits per heavy atom. The number of carbonyl (C=O) groups excluding carboxylic acids is 1. The van der Waals surface area contributed by atoms with Gasteiger partial charge >= 0.3 is 0 Å². The largest absolute Gasteiger partial charge is 0.489 e. The van der Waals surface area contributed by atoms with Gasteiger partial charge in [-0.2, -0.15) is 10.6 Å². The van der Waals surface area contributed by atoms with Crippen LogP contribution in [0, 0.1) is 0 Å². The molecule has 1 atom stereocenters. The zero-order chi connectivity index (χ0) is 26.0. The average Bonchev–Trinajstić information content (AvgIpc) is 3.20. The van der Waals surface area contributed by atoms with Gasteiger partial charge in [-0.1, -0.05) is 36.4 Å². The van der Waals surface area contributed by atoms with Gasteiger partial charge in [-0.15, -0.1) is 0 Å². The van der Waals surface area contributed by atoms with Crippen molar-refractivity contribution in [2.75, 3.05) is 11.1 Å². The molecule has 1 aliphatic rings. The maximum absolute atomic E-state index is 13.5. The van der Waals surface area contributed by atoms with Crippen LogP contribution >= 0.6 is 10.6 Å². The van der Waals surface area contributed by atoms with E-state index in [9.17, 15) is 22.3 Å². The smallest absolute Gasteiger partial charge is 0.257 e. The lowest BCUT2D eigenvalue weighted by atomic mass is 10.1. The molecule has 0 spiro atoms. The summed E-state index contributed by atoms with van der Waals surface area (Å²) >= 11 is 0. The standard InChI is InChI=1S/C27H24N2O6S2/c30-27(20-8-6-14-28-16-20)29-21-9-4-7-19(15-21)17-35-23-12-5-13-24-26(23)25(18-36(24,31)32)37(33,34)22-10-2-1-3-11-22/h1-16,25,31-32H,17-18H2,(H,29,30). The van der Waals surface area contributed by atoms with Crippen molar-refractivity contribution in [2.45, 2.75) is 21.6 Å². The summed E-state index contributed by atoms with van der Waals surface area (Å²) in [5.74, 6) is -0.356. The molecule has 8 nitrogen and oxygen atoms in total. The number of benzene rings is 3. The van der Waals surface area contributed by atoms with Gasteiger partial charge < -0.3 is 10.1 Å². The Labute approximate surface area is 216 Å². The Morgan fingerprint density at radius 2 is 1.78 bits per heavy atom. The minimum absolute atomic E-state index is 0.0738. The fourth-order valence-electron chi connectivity index (χ4n) is 4.26. The third kappa shape index (κ3) is 5.09. The molecule has 5 rings (SSSR count). The second kappa shape index (κ2) is 9.98. The van der Waals surface area contributed by atoms with Crippen molar-refractivity contribution >= 4 is 32.0 Å². The van der Waals surface area contributed by atoms with Gasteiger partial charge in [0.25, 0.3) is 5.91 Å². The highest BCUT2D eigenvalue weighted by molar-refractivity contribution is 8.25. The molecule has 3 N–H and O–H groups in total. The average molecular weight is 537 g/mol. The van der Waals surface area contributed by atoms with Crippen molar-refractivity contribution in [3.05, 3.63) is 114 Å². The molecule has 0 radical (unpaired) electrons. The Balaban J connectivity index is 1.40. The number of fused-ring (bicyclic) bond motifs is 1. The zero-order valence-corrected chi connectivity index (χ0v) is 21.2. The summed E-state index contributed by atoms with van der Waals surface area (Å²) in [5.41, 5.74) is 1.99. The fourth-order valence-corrected chi connectivity index (χ4v) is 8.69. The van der Waals surface area contributed by atoms with Gasteiger partial charge in [0.05, 0.1) is 21.1 Å². The molecule has 4 aromatic rings. The number of hydrogen-bond acceptors (Lipinski definition) is 7. The summed E-state index contributed by atoms with van der Waals surface area (Å²) < 4.78 is 54.4. The topological polar surface area (TPSA) is 126 Å². The molecule has 1 amide bonds. The molecule has 0 fully saturated rings. The maximum atomic E-state index is 13.5. The fraction of sp³-hybridized carbons (Fsp3) is 0.111. The van der Waals surface area contributed by atoms with Crippen LogP contribution in [0.5, 0.6) is 5.75 Å². The van der Waals surface area contributed by atoms with Gasteiger partial charge in [0.1, 0.15) is 17.6 Å². The second-order valence-electron chi connectivity index (χ2n) is 8.53. The molecule has 2 heterocycles. The van der Waals surface area contributed by atoms with Crippen molar-refractivity contribution in [1.82, 2.24) is 4.98 Å². The second-order valence-corrected chi connectivity index (χ2v) is 12.8. The molecule has 3 aromatic carbocycles. The highest BCUT2D eigenvalue weighted by atomic mass is 32.3. The first-order valence-electron chi connectivity index (χ1n) is 11.4. The highest BCUT2D eigenvalue weighted by Crippen LogP contribution is 2.63. The molecule has 0 bridgehead atoms. The third-order valence-electron chi connectivity index (χ3n) is 6.03. The van der Waals surface area contributed by atoms with Gasteiger partial charge in [-0.25, -0.2) is 8.42 Å². The number of hydrogen-bond donors (Lipinski definition) is 3. The summed E-state index contributed by atoms with van der Waals surface area (Å²) in [7, 11) is -7.22. The summed E-state index contributed by atoms with van der Waals surface area (Å²) in [5, 5.41) is 1.66. The predicted molar refractivity (Wildman–Crippen MR) is 142 cm³/mol. The number of nitrogens with one attached hydrogen (secondary N) is 1. The summed E-state index contributed by atoms with van der Waals surface area (Å²) in [6, 6.07) is 23.2. The number of carbonyl (C=O) groups is 1. The van der Waals surface area contributed by atoms with E-state index in [0.717, 1.165) is 5.56 Å². The zero-order valence-electron chi connectivity index (χ0n) is 19.5. The monoisotopic (exact) mass is 536 g/mol. The quantitative estimate of drug-likeness (QED) is 0.283. The minimum atomic E-state index is -3.91.